The molecule has 3 fully saturated rings. The molecule has 0 unspecified atom stereocenters. The van der Waals surface area contributed by atoms with E-state index in [0.29, 0.717) is 33.9 Å². The normalized spacial score (nSPS) is 20.5. The molecular weight excluding hydrogens is 454 g/mol. The number of amides is 1. The van der Waals surface area contributed by atoms with Crippen LogP contribution >= 0.6 is 0 Å². The summed E-state index contributed by atoms with van der Waals surface area (Å²) in [7, 11) is 0. The summed E-state index contributed by atoms with van der Waals surface area (Å²) < 4.78 is 27.2. The monoisotopic (exact) mass is 484 g/mol. The molecule has 35 heavy (non-hydrogen) atoms. The minimum absolute atomic E-state index is 0.146. The summed E-state index contributed by atoms with van der Waals surface area (Å²) in [4.78, 5) is 33.4. The largest absolute Gasteiger partial charge is 0.478 e. The fourth-order valence-electron chi connectivity index (χ4n) is 5.16. The van der Waals surface area contributed by atoms with Gasteiger partial charge >= 0.3 is 5.97 Å². The Morgan fingerprint density at radius 3 is 2.23 bits per heavy atom. The summed E-state index contributed by atoms with van der Waals surface area (Å²) in [5, 5.41) is 12.4. The number of nitrogens with zero attached hydrogens (tertiary/aromatic N) is 3. The number of pyridine rings is 1. The molecule has 2 aromatic rings. The van der Waals surface area contributed by atoms with E-state index in [9.17, 15) is 23.5 Å². The second kappa shape index (κ2) is 8.77. The molecule has 1 aromatic carbocycles. The van der Waals surface area contributed by atoms with Crippen LogP contribution in [0.4, 0.5) is 26.0 Å². The molecule has 3 aliphatic rings. The van der Waals surface area contributed by atoms with E-state index in [1.54, 1.807) is 31.2 Å². The maximum Gasteiger partial charge on any atom is 0.335 e. The van der Waals surface area contributed by atoms with Crippen LogP contribution in [0.25, 0.3) is 0 Å². The van der Waals surface area contributed by atoms with Crippen LogP contribution in [0.3, 0.4) is 0 Å². The molecule has 0 radical (unpaired) electrons. The average molecular weight is 485 g/mol. The Kier molecular flexibility index (Phi) is 5.89. The van der Waals surface area contributed by atoms with Crippen molar-refractivity contribution in [1.82, 2.24) is 4.98 Å². The molecular formula is C26H30F2N4O3. The second-order valence-electron chi connectivity index (χ2n) is 10.2. The van der Waals surface area contributed by atoms with Crippen molar-refractivity contribution in [2.75, 3.05) is 41.3 Å². The zero-order valence-corrected chi connectivity index (χ0v) is 19.8. The molecule has 5 rings (SSSR count). The summed E-state index contributed by atoms with van der Waals surface area (Å²) in [6.07, 6.45) is 4.16. The van der Waals surface area contributed by atoms with Gasteiger partial charge in [-0.1, -0.05) is 0 Å². The molecule has 1 spiro atoms. The molecule has 3 heterocycles. The lowest BCUT2D eigenvalue weighted by molar-refractivity contribution is -0.0221. The number of aromatic nitrogens is 1. The quantitative estimate of drug-likeness (QED) is 0.624. The van der Waals surface area contributed by atoms with Crippen LogP contribution in [0.2, 0.25) is 0 Å². The number of aromatic carboxylic acids is 1. The number of hydrogen-bond acceptors (Lipinski definition) is 5. The van der Waals surface area contributed by atoms with Gasteiger partial charge in [0, 0.05) is 56.5 Å². The molecule has 0 bridgehead atoms. The number of benzene rings is 1. The summed E-state index contributed by atoms with van der Waals surface area (Å²) in [5.41, 5.74) is 2.83. The van der Waals surface area contributed by atoms with Crippen LogP contribution in [-0.4, -0.2) is 54.1 Å². The first-order chi connectivity index (χ1) is 16.6. The molecule has 0 atom stereocenters. The smallest absolute Gasteiger partial charge is 0.335 e. The molecule has 2 N–H and O–H groups in total. The van der Waals surface area contributed by atoms with Crippen LogP contribution in [0.1, 0.15) is 64.9 Å². The summed E-state index contributed by atoms with van der Waals surface area (Å²) in [5.74, 6) is -3.47. The zero-order valence-electron chi connectivity index (χ0n) is 19.8. The Hall–Kier alpha value is -3.23. The Labute approximate surface area is 203 Å². The fourth-order valence-corrected chi connectivity index (χ4v) is 5.16. The van der Waals surface area contributed by atoms with E-state index < -0.39 is 11.9 Å². The number of anilines is 3. The molecule has 186 valence electrons. The third-order valence-corrected chi connectivity index (χ3v) is 7.63. The topological polar surface area (TPSA) is 85.8 Å². The van der Waals surface area contributed by atoms with Gasteiger partial charge in [-0.3, -0.25) is 4.79 Å². The van der Waals surface area contributed by atoms with Crippen molar-refractivity contribution < 1.29 is 23.5 Å². The number of hydrogen-bond donors (Lipinski definition) is 2. The van der Waals surface area contributed by atoms with E-state index in [1.165, 1.54) is 18.9 Å². The van der Waals surface area contributed by atoms with Gasteiger partial charge in [-0.25, -0.2) is 18.6 Å². The first kappa shape index (κ1) is 23.5. The van der Waals surface area contributed by atoms with E-state index in [2.05, 4.69) is 15.2 Å². The molecule has 9 heteroatoms. The Bertz CT molecular complexity index is 1150. The van der Waals surface area contributed by atoms with Gasteiger partial charge in [0.1, 0.15) is 5.82 Å². The van der Waals surface area contributed by atoms with Crippen molar-refractivity contribution in [3.05, 3.63) is 47.2 Å². The van der Waals surface area contributed by atoms with Crippen molar-refractivity contribution in [2.24, 2.45) is 5.41 Å². The minimum atomic E-state index is -2.65. The molecule has 1 amide bonds. The fraction of sp³-hybridized carbons (Fsp3) is 0.500. The van der Waals surface area contributed by atoms with Crippen LogP contribution < -0.4 is 15.1 Å². The number of rotatable bonds is 5. The predicted octanol–water partition coefficient (Wildman–Crippen LogP) is 4.96. The molecule has 2 saturated heterocycles. The third kappa shape index (κ3) is 5.09. The Morgan fingerprint density at radius 2 is 1.60 bits per heavy atom. The number of aryl methyl sites for hydroxylation is 1. The SMILES string of the molecule is Cc1cc(NC(=O)c2ccc(C(=O)O)cc2N2CCC3(CC2)CC3)cc(N2CCC(F)(F)CC2)n1. The predicted molar refractivity (Wildman–Crippen MR) is 130 cm³/mol. The van der Waals surface area contributed by atoms with Gasteiger partial charge in [0.2, 0.25) is 0 Å². The van der Waals surface area contributed by atoms with Crippen molar-refractivity contribution >= 4 is 29.1 Å². The van der Waals surface area contributed by atoms with Gasteiger partial charge in [0.25, 0.3) is 11.8 Å². The lowest BCUT2D eigenvalue weighted by atomic mass is 9.92. The lowest BCUT2D eigenvalue weighted by Crippen LogP contribution is -2.39. The first-order valence-electron chi connectivity index (χ1n) is 12.2. The van der Waals surface area contributed by atoms with E-state index in [-0.39, 0.29) is 37.4 Å². The van der Waals surface area contributed by atoms with Gasteiger partial charge in [0.05, 0.1) is 16.8 Å². The average Bonchev–Trinajstić information content (AvgIpc) is 3.57. The number of alkyl halides is 2. The van der Waals surface area contributed by atoms with Crippen molar-refractivity contribution in [3.63, 3.8) is 0 Å². The number of carbonyl (C=O) groups is 2. The van der Waals surface area contributed by atoms with Gasteiger partial charge in [0.15, 0.2) is 0 Å². The lowest BCUT2D eigenvalue weighted by Gasteiger charge is -2.35. The van der Waals surface area contributed by atoms with Crippen LogP contribution in [0.15, 0.2) is 30.3 Å². The number of carbonyl (C=O) groups excluding carboxylic acids is 1. The zero-order chi connectivity index (χ0) is 24.8. The standard InChI is InChI=1S/C26H30F2N4O3/c1-17-14-19(16-22(29-17)32-12-8-26(27,28)9-13-32)30-23(33)20-3-2-18(24(34)35)15-21(20)31-10-6-25(4-5-25)7-11-31/h2-3,14-16H,4-13H2,1H3,(H,34,35)(H,29,30,33). The number of piperidine rings is 2. The molecule has 1 aliphatic carbocycles. The van der Waals surface area contributed by atoms with Gasteiger partial charge in [-0.2, -0.15) is 0 Å². The molecule has 2 aliphatic heterocycles. The highest BCUT2D eigenvalue weighted by Gasteiger charge is 2.44. The summed E-state index contributed by atoms with van der Waals surface area (Å²) >= 11 is 0. The highest BCUT2D eigenvalue weighted by Crippen LogP contribution is 2.54. The van der Waals surface area contributed by atoms with E-state index in [0.717, 1.165) is 25.9 Å². The van der Waals surface area contributed by atoms with Crippen LogP contribution in [0.5, 0.6) is 0 Å². The minimum Gasteiger partial charge on any atom is -0.478 e. The summed E-state index contributed by atoms with van der Waals surface area (Å²) in [6, 6.07) is 8.04. The van der Waals surface area contributed by atoms with Crippen molar-refractivity contribution in [3.8, 4) is 0 Å². The molecule has 1 aromatic heterocycles. The third-order valence-electron chi connectivity index (χ3n) is 7.63. The number of carboxylic acid groups (broad SMARTS) is 1. The highest BCUT2D eigenvalue weighted by molar-refractivity contribution is 6.09. The second-order valence-corrected chi connectivity index (χ2v) is 10.2. The van der Waals surface area contributed by atoms with Crippen LogP contribution in [0, 0.1) is 12.3 Å². The van der Waals surface area contributed by atoms with E-state index >= 15 is 0 Å². The Balaban J connectivity index is 1.37. The van der Waals surface area contributed by atoms with Gasteiger partial charge in [-0.05, 0) is 62.3 Å². The first-order valence-corrected chi connectivity index (χ1v) is 12.2. The number of carboxylic acids is 1. The summed E-state index contributed by atoms with van der Waals surface area (Å²) in [6.45, 7) is 3.79. The number of nitrogens with one attached hydrogen (secondary N) is 1. The van der Waals surface area contributed by atoms with Gasteiger partial charge in [-0.15, -0.1) is 0 Å². The number of halogens is 2. The van der Waals surface area contributed by atoms with Gasteiger partial charge < -0.3 is 20.2 Å². The van der Waals surface area contributed by atoms with Crippen molar-refractivity contribution in [2.45, 2.75) is 51.4 Å². The maximum atomic E-state index is 13.6. The van der Waals surface area contributed by atoms with E-state index in [4.69, 9.17) is 0 Å². The highest BCUT2D eigenvalue weighted by atomic mass is 19.3. The molecule has 7 nitrogen and oxygen atoms in total. The maximum absolute atomic E-state index is 13.6. The Morgan fingerprint density at radius 1 is 0.943 bits per heavy atom. The molecule has 1 saturated carbocycles. The van der Waals surface area contributed by atoms with Crippen LogP contribution in [-0.2, 0) is 0 Å². The van der Waals surface area contributed by atoms with Crippen molar-refractivity contribution in [1.29, 1.82) is 0 Å². The van der Waals surface area contributed by atoms with E-state index in [1.807, 2.05) is 4.90 Å².